The SMILES string of the molecule is CC(C)(C)OC(=O)Nc1nc(CO)[nH]c(=O)n1. The fraction of sp³-hybridized carbons (Fsp3) is 0.556. The third-order valence-electron chi connectivity index (χ3n) is 1.46. The molecule has 0 aromatic carbocycles. The smallest absolute Gasteiger partial charge is 0.414 e. The van der Waals surface area contributed by atoms with Crippen LogP contribution < -0.4 is 11.0 Å². The summed E-state index contributed by atoms with van der Waals surface area (Å²) >= 11 is 0. The zero-order valence-electron chi connectivity index (χ0n) is 9.77. The average Bonchev–Trinajstić information content (AvgIpc) is 2.13. The minimum Gasteiger partial charge on any atom is -0.444 e. The van der Waals surface area contributed by atoms with Gasteiger partial charge in [-0.25, -0.2) is 9.59 Å². The van der Waals surface area contributed by atoms with Gasteiger partial charge >= 0.3 is 11.8 Å². The number of nitrogens with zero attached hydrogens (tertiary/aromatic N) is 2. The Hall–Kier alpha value is -1.96. The quantitative estimate of drug-likeness (QED) is 0.672. The number of carbonyl (C=O) groups excluding carboxylic acids is 1. The van der Waals surface area contributed by atoms with Crippen LogP contribution >= 0.6 is 0 Å². The van der Waals surface area contributed by atoms with Crippen LogP contribution in [0.2, 0.25) is 0 Å². The van der Waals surface area contributed by atoms with Gasteiger partial charge in [0.25, 0.3) is 0 Å². The van der Waals surface area contributed by atoms with Crippen LogP contribution in [0.4, 0.5) is 10.7 Å². The molecule has 0 aliphatic rings. The van der Waals surface area contributed by atoms with Gasteiger partial charge in [-0.05, 0) is 20.8 Å². The van der Waals surface area contributed by atoms with Crippen molar-refractivity contribution in [2.75, 3.05) is 5.32 Å². The number of nitrogens with one attached hydrogen (secondary N) is 2. The number of H-pyrrole nitrogens is 1. The molecule has 17 heavy (non-hydrogen) atoms. The van der Waals surface area contributed by atoms with Crippen molar-refractivity contribution in [3.05, 3.63) is 16.3 Å². The van der Waals surface area contributed by atoms with E-state index in [2.05, 4.69) is 20.3 Å². The van der Waals surface area contributed by atoms with Gasteiger partial charge in [-0.2, -0.15) is 9.97 Å². The van der Waals surface area contributed by atoms with Crippen LogP contribution in [0.25, 0.3) is 0 Å². The molecule has 0 aliphatic heterocycles. The van der Waals surface area contributed by atoms with Crippen molar-refractivity contribution in [3.8, 4) is 0 Å². The lowest BCUT2D eigenvalue weighted by molar-refractivity contribution is 0.0634. The van der Waals surface area contributed by atoms with Gasteiger partial charge in [0, 0.05) is 0 Å². The Morgan fingerprint density at radius 1 is 1.47 bits per heavy atom. The molecule has 1 heterocycles. The van der Waals surface area contributed by atoms with Crippen molar-refractivity contribution in [1.82, 2.24) is 15.0 Å². The van der Waals surface area contributed by atoms with Gasteiger partial charge in [0.15, 0.2) is 0 Å². The normalized spacial score (nSPS) is 11.1. The van der Waals surface area contributed by atoms with Crippen molar-refractivity contribution >= 4 is 12.0 Å². The Balaban J connectivity index is 2.78. The van der Waals surface area contributed by atoms with E-state index in [1.807, 2.05) is 0 Å². The number of aromatic amines is 1. The molecule has 1 aromatic heterocycles. The molecule has 0 unspecified atom stereocenters. The highest BCUT2D eigenvalue weighted by atomic mass is 16.6. The highest BCUT2D eigenvalue weighted by molar-refractivity contribution is 5.82. The summed E-state index contributed by atoms with van der Waals surface area (Å²) in [5.41, 5.74) is -1.37. The number of hydrogen-bond donors (Lipinski definition) is 3. The lowest BCUT2D eigenvalue weighted by Crippen LogP contribution is -2.29. The summed E-state index contributed by atoms with van der Waals surface area (Å²) in [5.74, 6) is -0.205. The number of anilines is 1. The van der Waals surface area contributed by atoms with Crippen molar-refractivity contribution in [2.45, 2.75) is 33.0 Å². The fourth-order valence-electron chi connectivity index (χ4n) is 0.954. The lowest BCUT2D eigenvalue weighted by Gasteiger charge is -2.19. The van der Waals surface area contributed by atoms with E-state index in [1.165, 1.54) is 0 Å². The van der Waals surface area contributed by atoms with Gasteiger partial charge in [0.1, 0.15) is 18.0 Å². The van der Waals surface area contributed by atoms with E-state index in [9.17, 15) is 9.59 Å². The van der Waals surface area contributed by atoms with Gasteiger partial charge in [0.2, 0.25) is 5.95 Å². The summed E-state index contributed by atoms with van der Waals surface area (Å²) in [6.07, 6.45) is -0.771. The highest BCUT2D eigenvalue weighted by Crippen LogP contribution is 2.08. The minimum atomic E-state index is -0.771. The van der Waals surface area contributed by atoms with Gasteiger partial charge in [-0.3, -0.25) is 10.3 Å². The molecule has 0 atom stereocenters. The molecule has 0 fully saturated rings. The Bertz CT molecular complexity index is 463. The molecule has 8 nitrogen and oxygen atoms in total. The van der Waals surface area contributed by atoms with Crippen molar-refractivity contribution in [3.63, 3.8) is 0 Å². The molecular weight excluding hydrogens is 228 g/mol. The first-order chi connectivity index (χ1) is 7.80. The molecule has 1 rings (SSSR count). The maximum Gasteiger partial charge on any atom is 0.414 e. The topological polar surface area (TPSA) is 117 Å². The molecule has 0 saturated carbocycles. The maximum absolute atomic E-state index is 11.4. The zero-order chi connectivity index (χ0) is 13.1. The van der Waals surface area contributed by atoms with E-state index < -0.39 is 24.0 Å². The number of amides is 1. The standard InChI is InChI=1S/C9H14N4O4/c1-9(2,3)17-8(16)13-6-10-5(4-14)11-7(15)12-6/h14H,4H2,1-3H3,(H2,10,11,12,13,15,16). The van der Waals surface area contributed by atoms with Gasteiger partial charge in [-0.1, -0.05) is 0 Å². The lowest BCUT2D eigenvalue weighted by atomic mass is 10.2. The van der Waals surface area contributed by atoms with E-state index in [0.717, 1.165) is 0 Å². The number of ether oxygens (including phenoxy) is 1. The molecule has 94 valence electrons. The van der Waals surface area contributed by atoms with E-state index in [-0.39, 0.29) is 11.8 Å². The predicted octanol–water partition coefficient (Wildman–Crippen LogP) is 0.00420. The molecule has 0 saturated heterocycles. The Morgan fingerprint density at radius 2 is 2.12 bits per heavy atom. The second-order valence-corrected chi connectivity index (χ2v) is 4.21. The van der Waals surface area contributed by atoms with Crippen LogP contribution in [0.15, 0.2) is 4.79 Å². The summed E-state index contributed by atoms with van der Waals surface area (Å²) in [6.45, 7) is 4.64. The zero-order valence-corrected chi connectivity index (χ0v) is 9.77. The first kappa shape index (κ1) is 13.1. The van der Waals surface area contributed by atoms with Crippen molar-refractivity contribution in [1.29, 1.82) is 0 Å². The number of aliphatic hydroxyl groups excluding tert-OH is 1. The molecule has 8 heteroatoms. The van der Waals surface area contributed by atoms with Crippen molar-refractivity contribution < 1.29 is 14.6 Å². The number of aliphatic hydroxyl groups is 1. The molecule has 3 N–H and O–H groups in total. The first-order valence-corrected chi connectivity index (χ1v) is 4.88. The summed E-state index contributed by atoms with van der Waals surface area (Å²) < 4.78 is 4.95. The van der Waals surface area contributed by atoms with Gasteiger partial charge in [-0.15, -0.1) is 0 Å². The number of rotatable bonds is 2. The Kier molecular flexibility index (Phi) is 3.79. The second kappa shape index (κ2) is 4.91. The fourth-order valence-corrected chi connectivity index (χ4v) is 0.954. The van der Waals surface area contributed by atoms with E-state index >= 15 is 0 Å². The molecule has 1 aromatic rings. The average molecular weight is 242 g/mol. The molecule has 0 radical (unpaired) electrons. The Labute approximate surface area is 97.1 Å². The van der Waals surface area contributed by atoms with Crippen LogP contribution in [0, 0.1) is 0 Å². The minimum absolute atomic E-state index is 0.0102. The molecular formula is C9H14N4O4. The Morgan fingerprint density at radius 3 is 2.65 bits per heavy atom. The number of hydrogen-bond acceptors (Lipinski definition) is 6. The molecule has 0 bridgehead atoms. The summed E-state index contributed by atoms with van der Waals surface area (Å²) in [4.78, 5) is 31.7. The van der Waals surface area contributed by atoms with Gasteiger partial charge < -0.3 is 9.84 Å². The molecule has 1 amide bonds. The number of aromatic nitrogens is 3. The second-order valence-electron chi connectivity index (χ2n) is 4.21. The summed E-state index contributed by atoms with van der Waals surface area (Å²) in [5, 5.41) is 11.0. The van der Waals surface area contributed by atoms with Crippen LogP contribution in [-0.4, -0.2) is 31.8 Å². The van der Waals surface area contributed by atoms with E-state index in [0.29, 0.717) is 0 Å². The summed E-state index contributed by atoms with van der Waals surface area (Å²) in [7, 11) is 0. The highest BCUT2D eigenvalue weighted by Gasteiger charge is 2.17. The third kappa shape index (κ3) is 4.60. The van der Waals surface area contributed by atoms with E-state index in [4.69, 9.17) is 9.84 Å². The summed E-state index contributed by atoms with van der Waals surface area (Å²) in [6, 6.07) is 0. The monoisotopic (exact) mass is 242 g/mol. The van der Waals surface area contributed by atoms with Crippen LogP contribution in [0.5, 0.6) is 0 Å². The van der Waals surface area contributed by atoms with Crippen LogP contribution in [0.3, 0.4) is 0 Å². The van der Waals surface area contributed by atoms with Crippen LogP contribution in [0.1, 0.15) is 26.6 Å². The van der Waals surface area contributed by atoms with Crippen LogP contribution in [-0.2, 0) is 11.3 Å². The molecule has 0 spiro atoms. The number of carbonyl (C=O) groups is 1. The van der Waals surface area contributed by atoms with Crippen molar-refractivity contribution in [2.24, 2.45) is 0 Å². The van der Waals surface area contributed by atoms with E-state index in [1.54, 1.807) is 20.8 Å². The maximum atomic E-state index is 11.4. The third-order valence-corrected chi connectivity index (χ3v) is 1.46. The predicted molar refractivity (Wildman–Crippen MR) is 58.4 cm³/mol. The largest absolute Gasteiger partial charge is 0.444 e. The van der Waals surface area contributed by atoms with Gasteiger partial charge in [0.05, 0.1) is 0 Å². The first-order valence-electron chi connectivity index (χ1n) is 4.88. The molecule has 0 aliphatic carbocycles.